The van der Waals surface area contributed by atoms with Gasteiger partial charge < -0.3 is 9.42 Å². The molecule has 0 aromatic heterocycles. The zero-order valence-corrected chi connectivity index (χ0v) is 12.3. The van der Waals surface area contributed by atoms with E-state index >= 15 is 0 Å². The van der Waals surface area contributed by atoms with E-state index in [-0.39, 0.29) is 0 Å². The highest BCUT2D eigenvalue weighted by Crippen LogP contribution is 2.38. The van der Waals surface area contributed by atoms with Gasteiger partial charge in [0.05, 0.1) is 0 Å². The second kappa shape index (κ2) is 6.53. The van der Waals surface area contributed by atoms with E-state index in [1.807, 2.05) is 84.9 Å². The lowest BCUT2D eigenvalue weighted by atomic mass is 10.1. The van der Waals surface area contributed by atoms with Crippen LogP contribution in [0, 0.1) is 0 Å². The molecule has 0 spiro atoms. The van der Waals surface area contributed by atoms with Crippen LogP contribution >= 0.6 is 8.38 Å². The Bertz CT molecular complexity index is 699. The smallest absolute Gasteiger partial charge is 0.262 e. The Morgan fingerprint density at radius 3 is 1.95 bits per heavy atom. The Hall–Kier alpha value is -2.15. The molecule has 3 aromatic carbocycles. The summed E-state index contributed by atoms with van der Waals surface area (Å²) >= 11 is 0. The lowest BCUT2D eigenvalue weighted by molar-refractivity contribution is 0.500. The maximum atomic E-state index is 10.3. The summed E-state index contributed by atoms with van der Waals surface area (Å²) in [5, 5.41) is 0.801. The van der Waals surface area contributed by atoms with Crippen LogP contribution in [0.5, 0.6) is 5.75 Å². The average Bonchev–Trinajstić information content (AvgIpc) is 2.57. The van der Waals surface area contributed by atoms with Crippen molar-refractivity contribution >= 4 is 13.7 Å². The first kappa shape index (κ1) is 13.8. The second-order valence-corrected chi connectivity index (χ2v) is 5.81. The Morgan fingerprint density at radius 2 is 1.24 bits per heavy atom. The van der Waals surface area contributed by atoms with Crippen molar-refractivity contribution in [2.24, 2.45) is 0 Å². The molecule has 1 unspecified atom stereocenters. The van der Waals surface area contributed by atoms with Crippen LogP contribution in [-0.4, -0.2) is 4.89 Å². The van der Waals surface area contributed by atoms with Crippen LogP contribution in [0.15, 0.2) is 84.9 Å². The van der Waals surface area contributed by atoms with Crippen molar-refractivity contribution in [3.63, 3.8) is 0 Å². The van der Waals surface area contributed by atoms with Crippen molar-refractivity contribution in [3.8, 4) is 16.9 Å². The number of rotatable bonds is 4. The molecule has 0 fully saturated rings. The highest BCUT2D eigenvalue weighted by Gasteiger charge is 2.13. The molecule has 0 amide bonds. The third-order valence-electron chi connectivity index (χ3n) is 3.13. The van der Waals surface area contributed by atoms with Crippen LogP contribution in [0.2, 0.25) is 0 Å². The number of hydrogen-bond donors (Lipinski definition) is 1. The molecule has 1 atom stereocenters. The minimum Gasteiger partial charge on any atom is -0.443 e. The van der Waals surface area contributed by atoms with Crippen molar-refractivity contribution in [1.82, 2.24) is 0 Å². The lowest BCUT2D eigenvalue weighted by Crippen LogP contribution is -2.04. The van der Waals surface area contributed by atoms with Gasteiger partial charge in [0, 0.05) is 10.9 Å². The van der Waals surface area contributed by atoms with E-state index in [4.69, 9.17) is 4.52 Å². The van der Waals surface area contributed by atoms with Crippen molar-refractivity contribution < 1.29 is 9.42 Å². The standard InChI is InChI=1S/C18H15O2P/c19-21(16-11-5-2-6-12-16)20-18-14-8-7-13-17(18)15-9-3-1-4-10-15/h1-14,19H. The van der Waals surface area contributed by atoms with Gasteiger partial charge in [0.25, 0.3) is 8.38 Å². The highest BCUT2D eigenvalue weighted by molar-refractivity contribution is 7.55. The summed E-state index contributed by atoms with van der Waals surface area (Å²) in [6.45, 7) is 0. The maximum absolute atomic E-state index is 10.3. The van der Waals surface area contributed by atoms with Crippen molar-refractivity contribution in [2.45, 2.75) is 0 Å². The Balaban J connectivity index is 1.90. The largest absolute Gasteiger partial charge is 0.443 e. The summed E-state index contributed by atoms with van der Waals surface area (Å²) < 4.78 is 5.81. The first-order valence-electron chi connectivity index (χ1n) is 6.71. The molecular formula is C18H15O2P. The molecule has 3 aromatic rings. The van der Waals surface area contributed by atoms with Gasteiger partial charge in [-0.15, -0.1) is 0 Å². The monoisotopic (exact) mass is 294 g/mol. The summed E-state index contributed by atoms with van der Waals surface area (Å²) in [5.41, 5.74) is 2.06. The van der Waals surface area contributed by atoms with Gasteiger partial charge in [-0.1, -0.05) is 66.7 Å². The first-order chi connectivity index (χ1) is 10.3. The molecule has 3 heteroatoms. The molecule has 0 saturated heterocycles. The lowest BCUT2D eigenvalue weighted by Gasteiger charge is -2.15. The van der Waals surface area contributed by atoms with E-state index < -0.39 is 8.38 Å². The molecule has 0 heterocycles. The van der Waals surface area contributed by atoms with Gasteiger partial charge >= 0.3 is 0 Å². The van der Waals surface area contributed by atoms with Gasteiger partial charge in [0.1, 0.15) is 5.75 Å². The van der Waals surface area contributed by atoms with E-state index in [9.17, 15) is 4.89 Å². The Morgan fingerprint density at radius 1 is 0.667 bits per heavy atom. The first-order valence-corrected chi connectivity index (χ1v) is 7.92. The quantitative estimate of drug-likeness (QED) is 0.724. The average molecular weight is 294 g/mol. The predicted octanol–water partition coefficient (Wildman–Crippen LogP) is 4.36. The van der Waals surface area contributed by atoms with Gasteiger partial charge in [0.2, 0.25) is 0 Å². The Kier molecular flexibility index (Phi) is 4.30. The van der Waals surface area contributed by atoms with Crippen molar-refractivity contribution in [2.75, 3.05) is 0 Å². The zero-order chi connectivity index (χ0) is 14.5. The summed E-state index contributed by atoms with van der Waals surface area (Å²) in [6, 6.07) is 27.3. The fourth-order valence-corrected chi connectivity index (χ4v) is 2.98. The molecule has 0 saturated carbocycles. The normalized spacial score (nSPS) is 11.9. The second-order valence-electron chi connectivity index (χ2n) is 4.56. The molecule has 0 aliphatic carbocycles. The zero-order valence-electron chi connectivity index (χ0n) is 11.4. The number of para-hydroxylation sites is 1. The fourth-order valence-electron chi connectivity index (χ4n) is 2.10. The minimum atomic E-state index is -1.66. The SMILES string of the molecule is OP(Oc1ccccc1-c1ccccc1)c1ccccc1. The predicted molar refractivity (Wildman–Crippen MR) is 87.7 cm³/mol. The molecule has 104 valence electrons. The van der Waals surface area contributed by atoms with E-state index in [1.165, 1.54) is 0 Å². The van der Waals surface area contributed by atoms with Gasteiger partial charge in [-0.25, -0.2) is 0 Å². The highest BCUT2D eigenvalue weighted by atomic mass is 31.2. The maximum Gasteiger partial charge on any atom is 0.262 e. The van der Waals surface area contributed by atoms with Crippen LogP contribution in [0.25, 0.3) is 11.1 Å². The third kappa shape index (κ3) is 3.30. The molecular weight excluding hydrogens is 279 g/mol. The van der Waals surface area contributed by atoms with Crippen LogP contribution in [-0.2, 0) is 0 Å². The number of benzene rings is 3. The van der Waals surface area contributed by atoms with Gasteiger partial charge in [-0.05, 0) is 23.8 Å². The van der Waals surface area contributed by atoms with E-state index in [0.29, 0.717) is 5.75 Å². The summed E-state index contributed by atoms with van der Waals surface area (Å²) in [4.78, 5) is 10.3. The Labute approximate surface area is 125 Å². The molecule has 0 aliphatic heterocycles. The van der Waals surface area contributed by atoms with Gasteiger partial charge in [-0.3, -0.25) is 0 Å². The van der Waals surface area contributed by atoms with E-state index in [2.05, 4.69) is 0 Å². The van der Waals surface area contributed by atoms with Crippen LogP contribution < -0.4 is 9.83 Å². The minimum absolute atomic E-state index is 0.696. The number of hydrogen-bond acceptors (Lipinski definition) is 2. The van der Waals surface area contributed by atoms with Crippen molar-refractivity contribution in [3.05, 3.63) is 84.9 Å². The molecule has 1 N–H and O–H groups in total. The van der Waals surface area contributed by atoms with Crippen LogP contribution in [0.3, 0.4) is 0 Å². The molecule has 0 aliphatic rings. The van der Waals surface area contributed by atoms with Gasteiger partial charge in [-0.2, -0.15) is 0 Å². The van der Waals surface area contributed by atoms with E-state index in [0.717, 1.165) is 16.4 Å². The summed E-state index contributed by atoms with van der Waals surface area (Å²) in [5.74, 6) is 0.696. The van der Waals surface area contributed by atoms with Crippen molar-refractivity contribution in [1.29, 1.82) is 0 Å². The molecule has 2 nitrogen and oxygen atoms in total. The molecule has 3 rings (SSSR count). The molecule has 0 radical (unpaired) electrons. The molecule has 0 bridgehead atoms. The van der Waals surface area contributed by atoms with Crippen LogP contribution in [0.4, 0.5) is 0 Å². The molecule has 21 heavy (non-hydrogen) atoms. The third-order valence-corrected chi connectivity index (χ3v) is 4.24. The topological polar surface area (TPSA) is 29.5 Å². The van der Waals surface area contributed by atoms with E-state index in [1.54, 1.807) is 0 Å². The van der Waals surface area contributed by atoms with Crippen LogP contribution in [0.1, 0.15) is 0 Å². The summed E-state index contributed by atoms with van der Waals surface area (Å²) in [6.07, 6.45) is 0. The summed E-state index contributed by atoms with van der Waals surface area (Å²) in [7, 11) is -1.66. The van der Waals surface area contributed by atoms with Gasteiger partial charge in [0.15, 0.2) is 0 Å². The fraction of sp³-hybridized carbons (Fsp3) is 0.